The molecule has 2 amide bonds. The molecule has 0 saturated heterocycles. The van der Waals surface area contributed by atoms with Crippen LogP contribution in [0.15, 0.2) is 21.2 Å². The molecule has 2 heterocycles. The molecule has 0 aromatic carbocycles. The zero-order valence-electron chi connectivity index (χ0n) is 11.3. The van der Waals surface area contributed by atoms with Crippen molar-refractivity contribution < 1.29 is 13.8 Å². The van der Waals surface area contributed by atoms with E-state index in [-0.39, 0.29) is 5.41 Å². The van der Waals surface area contributed by atoms with E-state index in [1.807, 2.05) is 20.8 Å². The number of amides is 2. The van der Waals surface area contributed by atoms with E-state index >= 15 is 0 Å². The first-order valence-electron chi connectivity index (χ1n) is 5.83. The van der Waals surface area contributed by atoms with Crippen LogP contribution in [0.3, 0.4) is 0 Å². The highest BCUT2D eigenvalue weighted by molar-refractivity contribution is 5.98. The van der Waals surface area contributed by atoms with Crippen molar-refractivity contribution in [3.05, 3.63) is 23.7 Å². The summed E-state index contributed by atoms with van der Waals surface area (Å²) in [6.45, 7) is 7.73. The first kappa shape index (κ1) is 13.1. The van der Waals surface area contributed by atoms with Crippen molar-refractivity contribution in [2.45, 2.75) is 33.1 Å². The third-order valence-corrected chi connectivity index (χ3v) is 2.36. The Labute approximate surface area is 110 Å². The number of hydrogen-bond acceptors (Lipinski definition) is 5. The lowest BCUT2D eigenvalue weighted by Crippen LogP contribution is -2.19. The lowest BCUT2D eigenvalue weighted by atomic mass is 9.93. The molecule has 0 saturated carbocycles. The molecule has 0 spiro atoms. The van der Waals surface area contributed by atoms with E-state index in [9.17, 15) is 4.79 Å². The minimum absolute atomic E-state index is 0.160. The highest BCUT2D eigenvalue weighted by Crippen LogP contribution is 2.24. The van der Waals surface area contributed by atoms with Crippen LogP contribution in [0.25, 0.3) is 0 Å². The molecule has 2 N–H and O–H groups in total. The Morgan fingerprint density at radius 2 is 1.68 bits per heavy atom. The predicted molar refractivity (Wildman–Crippen MR) is 69.1 cm³/mol. The Balaban J connectivity index is 1.97. The van der Waals surface area contributed by atoms with Crippen molar-refractivity contribution in [1.29, 1.82) is 0 Å². The second kappa shape index (κ2) is 4.75. The first-order valence-corrected chi connectivity index (χ1v) is 5.83. The third-order valence-electron chi connectivity index (χ3n) is 2.36. The van der Waals surface area contributed by atoms with E-state index in [0.717, 1.165) is 0 Å². The van der Waals surface area contributed by atoms with Gasteiger partial charge in [0, 0.05) is 17.5 Å². The molecule has 0 aliphatic rings. The quantitative estimate of drug-likeness (QED) is 0.869. The van der Waals surface area contributed by atoms with E-state index < -0.39 is 6.03 Å². The van der Waals surface area contributed by atoms with Crippen molar-refractivity contribution >= 4 is 17.7 Å². The maximum absolute atomic E-state index is 11.7. The fourth-order valence-corrected chi connectivity index (χ4v) is 1.38. The third kappa shape index (κ3) is 3.34. The second-order valence-electron chi connectivity index (χ2n) is 5.23. The topological polar surface area (TPSA) is 93.2 Å². The molecule has 0 aliphatic heterocycles. The van der Waals surface area contributed by atoms with E-state index in [1.165, 1.54) is 0 Å². The maximum Gasteiger partial charge on any atom is 0.326 e. The number of rotatable bonds is 2. The lowest BCUT2D eigenvalue weighted by Gasteiger charge is -2.11. The molecule has 0 unspecified atom stereocenters. The Bertz CT molecular complexity index is 580. The van der Waals surface area contributed by atoms with Gasteiger partial charge < -0.3 is 9.05 Å². The van der Waals surface area contributed by atoms with Gasteiger partial charge in [0.25, 0.3) is 0 Å². The van der Waals surface area contributed by atoms with Crippen LogP contribution in [0.4, 0.5) is 16.4 Å². The van der Waals surface area contributed by atoms with Gasteiger partial charge in [0.15, 0.2) is 11.6 Å². The van der Waals surface area contributed by atoms with Gasteiger partial charge in [-0.1, -0.05) is 31.1 Å². The fourth-order valence-electron chi connectivity index (χ4n) is 1.38. The monoisotopic (exact) mass is 264 g/mol. The Morgan fingerprint density at radius 3 is 2.16 bits per heavy atom. The van der Waals surface area contributed by atoms with E-state index in [1.54, 1.807) is 19.1 Å². The van der Waals surface area contributed by atoms with Crippen LogP contribution in [0.2, 0.25) is 0 Å². The molecule has 0 aliphatic carbocycles. The average molecular weight is 264 g/mol. The van der Waals surface area contributed by atoms with Gasteiger partial charge in [0.1, 0.15) is 11.5 Å². The number of aryl methyl sites for hydroxylation is 1. The van der Waals surface area contributed by atoms with Crippen molar-refractivity contribution in [1.82, 2.24) is 10.3 Å². The van der Waals surface area contributed by atoms with Gasteiger partial charge in [-0.05, 0) is 6.92 Å². The molecule has 2 aromatic heterocycles. The number of urea groups is 1. The summed E-state index contributed by atoms with van der Waals surface area (Å²) in [4.78, 5) is 11.7. The van der Waals surface area contributed by atoms with Crippen LogP contribution in [-0.2, 0) is 5.41 Å². The van der Waals surface area contributed by atoms with Crippen LogP contribution in [-0.4, -0.2) is 16.3 Å². The van der Waals surface area contributed by atoms with Gasteiger partial charge in [-0.15, -0.1) is 0 Å². The maximum atomic E-state index is 11.7. The number of anilines is 2. The van der Waals surface area contributed by atoms with E-state index in [2.05, 4.69) is 20.9 Å². The normalized spacial score (nSPS) is 11.4. The molecular weight excluding hydrogens is 248 g/mol. The molecule has 0 fully saturated rings. The second-order valence-corrected chi connectivity index (χ2v) is 5.23. The first-order chi connectivity index (χ1) is 8.84. The van der Waals surface area contributed by atoms with Gasteiger partial charge in [-0.2, -0.15) is 0 Å². The van der Waals surface area contributed by atoms with Crippen molar-refractivity contribution in [2.75, 3.05) is 10.6 Å². The molecule has 2 aromatic rings. The van der Waals surface area contributed by atoms with Crippen LogP contribution in [0.1, 0.15) is 32.3 Å². The summed E-state index contributed by atoms with van der Waals surface area (Å²) in [7, 11) is 0. The number of aromatic nitrogens is 2. The minimum Gasteiger partial charge on any atom is -0.360 e. The minimum atomic E-state index is -0.456. The number of nitrogens with zero attached hydrogens (tertiary/aromatic N) is 2. The Kier molecular flexibility index (Phi) is 3.28. The van der Waals surface area contributed by atoms with Gasteiger partial charge in [0.2, 0.25) is 0 Å². The molecule has 0 bridgehead atoms. The number of hydrogen-bond donors (Lipinski definition) is 2. The standard InChI is InChI=1S/C12H16N4O3/c1-7-5-9(15-18-7)13-11(17)14-10-6-8(19-16-10)12(2,3)4/h5-6H,1-4H3,(H2,13,14,15,16,17). The summed E-state index contributed by atoms with van der Waals surface area (Å²) in [6, 6.07) is 2.85. The van der Waals surface area contributed by atoms with Crippen LogP contribution in [0.5, 0.6) is 0 Å². The van der Waals surface area contributed by atoms with Crippen molar-refractivity contribution in [3.63, 3.8) is 0 Å². The summed E-state index contributed by atoms with van der Waals surface area (Å²) in [5, 5.41) is 12.5. The number of nitrogens with one attached hydrogen (secondary N) is 2. The fraction of sp³-hybridized carbons (Fsp3) is 0.417. The van der Waals surface area contributed by atoms with Gasteiger partial charge in [-0.25, -0.2) is 4.79 Å². The summed E-state index contributed by atoms with van der Waals surface area (Å²) >= 11 is 0. The van der Waals surface area contributed by atoms with Gasteiger partial charge >= 0.3 is 6.03 Å². The highest BCUT2D eigenvalue weighted by Gasteiger charge is 2.20. The van der Waals surface area contributed by atoms with Gasteiger partial charge in [-0.3, -0.25) is 10.6 Å². The number of carbonyl (C=O) groups is 1. The lowest BCUT2D eigenvalue weighted by molar-refractivity contribution is 0.261. The summed E-state index contributed by atoms with van der Waals surface area (Å²) in [5.41, 5.74) is -0.160. The smallest absolute Gasteiger partial charge is 0.326 e. The molecule has 7 heteroatoms. The SMILES string of the molecule is Cc1cc(NC(=O)Nc2cc(C(C)(C)C)on2)no1. The molecule has 0 atom stereocenters. The van der Waals surface area contributed by atoms with Crippen LogP contribution in [0, 0.1) is 6.92 Å². The molecule has 2 rings (SSSR count). The van der Waals surface area contributed by atoms with E-state index in [4.69, 9.17) is 9.05 Å². The largest absolute Gasteiger partial charge is 0.360 e. The zero-order chi connectivity index (χ0) is 14.0. The number of carbonyl (C=O) groups excluding carboxylic acids is 1. The Hall–Kier alpha value is -2.31. The summed E-state index contributed by atoms with van der Waals surface area (Å²) in [6.07, 6.45) is 0. The Morgan fingerprint density at radius 1 is 1.11 bits per heavy atom. The zero-order valence-corrected chi connectivity index (χ0v) is 11.3. The molecular formula is C12H16N4O3. The molecule has 7 nitrogen and oxygen atoms in total. The van der Waals surface area contributed by atoms with Crippen molar-refractivity contribution in [2.24, 2.45) is 0 Å². The van der Waals surface area contributed by atoms with E-state index in [0.29, 0.717) is 23.2 Å². The molecule has 102 valence electrons. The molecule has 0 radical (unpaired) electrons. The predicted octanol–water partition coefficient (Wildman–Crippen LogP) is 2.91. The molecule has 19 heavy (non-hydrogen) atoms. The van der Waals surface area contributed by atoms with Gasteiger partial charge in [0.05, 0.1) is 0 Å². The van der Waals surface area contributed by atoms with Crippen LogP contribution >= 0.6 is 0 Å². The van der Waals surface area contributed by atoms with Crippen LogP contribution < -0.4 is 10.6 Å². The highest BCUT2D eigenvalue weighted by atomic mass is 16.5. The van der Waals surface area contributed by atoms with Crippen molar-refractivity contribution in [3.8, 4) is 0 Å². The summed E-state index contributed by atoms with van der Waals surface area (Å²) < 4.78 is 10.00. The average Bonchev–Trinajstić information content (AvgIpc) is 2.87. The summed E-state index contributed by atoms with van der Waals surface area (Å²) in [5.74, 6) is 2.00.